The Labute approximate surface area is 88.1 Å². The van der Waals surface area contributed by atoms with Gasteiger partial charge in [0.1, 0.15) is 0 Å². The van der Waals surface area contributed by atoms with Crippen molar-refractivity contribution in [3.05, 3.63) is 21.6 Å². The van der Waals surface area contributed by atoms with Gasteiger partial charge in [0.2, 0.25) is 4.73 Å². The summed E-state index contributed by atoms with van der Waals surface area (Å²) in [7, 11) is 0. The highest BCUT2D eigenvalue weighted by Crippen LogP contribution is 2.13. The van der Waals surface area contributed by atoms with Gasteiger partial charge in [-0.25, -0.2) is 4.68 Å². The molecule has 0 amide bonds. The van der Waals surface area contributed by atoms with Crippen LogP contribution in [0.5, 0.6) is 0 Å². The maximum Gasteiger partial charge on any atom is 0.218 e. The average Bonchev–Trinajstić information content (AvgIpc) is 2.30. The van der Waals surface area contributed by atoms with Gasteiger partial charge in [0.05, 0.1) is 6.54 Å². The summed E-state index contributed by atoms with van der Waals surface area (Å²) in [6.07, 6.45) is 0.962. The fourth-order valence-electron chi connectivity index (χ4n) is 0.721. The summed E-state index contributed by atoms with van der Waals surface area (Å²) in [6.45, 7) is 6.68. The summed E-state index contributed by atoms with van der Waals surface area (Å²) in [6, 6.07) is 0. The molecule has 0 radical (unpaired) electrons. The highest BCUT2D eigenvalue weighted by Gasteiger charge is 2.04. The van der Waals surface area contributed by atoms with Crippen LogP contribution >= 0.6 is 31.9 Å². The summed E-state index contributed by atoms with van der Waals surface area (Å²) in [5, 5.41) is 4.11. The quantitative estimate of drug-likeness (QED) is 0.803. The Kier molecular flexibility index (Phi) is 3.46. The van der Waals surface area contributed by atoms with Crippen LogP contribution in [0.4, 0.5) is 0 Å². The summed E-state index contributed by atoms with van der Waals surface area (Å²) >= 11 is 6.49. The summed E-state index contributed by atoms with van der Waals surface area (Å²) in [5.41, 5.74) is 1.13. The van der Waals surface area contributed by atoms with Gasteiger partial charge in [-0.15, -0.1) is 5.10 Å². The molecule has 12 heavy (non-hydrogen) atoms. The number of rotatable bonds is 3. The molecule has 0 saturated heterocycles. The van der Waals surface area contributed by atoms with E-state index in [-0.39, 0.29) is 0 Å². The van der Waals surface area contributed by atoms with E-state index in [1.165, 1.54) is 0 Å². The van der Waals surface area contributed by atoms with Crippen molar-refractivity contribution in [1.29, 1.82) is 0 Å². The maximum atomic E-state index is 4.11. The molecule has 66 valence electrons. The molecule has 5 heteroatoms. The first kappa shape index (κ1) is 9.92. The molecule has 1 heterocycles. The smallest absolute Gasteiger partial charge is 0.218 e. The molecule has 0 unspecified atom stereocenters. The minimum Gasteiger partial charge on any atom is -0.235 e. The zero-order chi connectivity index (χ0) is 9.14. The average molecular weight is 295 g/mol. The standard InChI is InChI=1S/C7H9Br2N3/c1-3-5(2)4-12-7(9)10-6(8)11-12/h2-4H2,1H3. The Bertz CT molecular complexity index is 293. The SMILES string of the molecule is C=C(CC)Cn1nc(Br)nc1Br. The van der Waals surface area contributed by atoms with Crippen molar-refractivity contribution in [2.24, 2.45) is 0 Å². The lowest BCUT2D eigenvalue weighted by atomic mass is 10.2. The number of aromatic nitrogens is 3. The Morgan fingerprint density at radius 1 is 1.58 bits per heavy atom. The Morgan fingerprint density at radius 3 is 2.67 bits per heavy atom. The predicted molar refractivity (Wildman–Crippen MR) is 54.9 cm³/mol. The third-order valence-electron chi connectivity index (χ3n) is 1.47. The summed E-state index contributed by atoms with van der Waals surface area (Å²) < 4.78 is 3.08. The zero-order valence-electron chi connectivity index (χ0n) is 6.72. The fraction of sp³-hybridized carbons (Fsp3) is 0.429. The van der Waals surface area contributed by atoms with E-state index in [4.69, 9.17) is 0 Å². The molecule has 1 aromatic rings. The van der Waals surface area contributed by atoms with Crippen molar-refractivity contribution in [2.45, 2.75) is 19.9 Å². The number of hydrogen-bond donors (Lipinski definition) is 0. The van der Waals surface area contributed by atoms with Crippen LogP contribution in [0.1, 0.15) is 13.3 Å². The third-order valence-corrected chi connectivity index (χ3v) is 2.40. The van der Waals surface area contributed by atoms with Crippen LogP contribution in [0.3, 0.4) is 0 Å². The van der Waals surface area contributed by atoms with Crippen LogP contribution in [-0.2, 0) is 6.54 Å². The van der Waals surface area contributed by atoms with Crippen LogP contribution in [0.2, 0.25) is 0 Å². The molecule has 0 N–H and O–H groups in total. The van der Waals surface area contributed by atoms with Gasteiger partial charge in [0.25, 0.3) is 0 Å². The van der Waals surface area contributed by atoms with Gasteiger partial charge in [-0.1, -0.05) is 19.1 Å². The lowest BCUT2D eigenvalue weighted by molar-refractivity contribution is 0.644. The van der Waals surface area contributed by atoms with Crippen molar-refractivity contribution in [1.82, 2.24) is 14.8 Å². The molecule has 0 saturated carbocycles. The van der Waals surface area contributed by atoms with E-state index in [1.807, 2.05) is 0 Å². The first-order valence-electron chi connectivity index (χ1n) is 3.56. The Morgan fingerprint density at radius 2 is 2.25 bits per heavy atom. The van der Waals surface area contributed by atoms with E-state index >= 15 is 0 Å². The maximum absolute atomic E-state index is 4.11. The molecule has 1 aromatic heterocycles. The summed E-state index contributed by atoms with van der Waals surface area (Å²) in [5.74, 6) is 0. The first-order valence-corrected chi connectivity index (χ1v) is 5.14. The van der Waals surface area contributed by atoms with Gasteiger partial charge in [-0.3, -0.25) is 0 Å². The predicted octanol–water partition coefficient (Wildman–Crippen LogP) is 2.77. The van der Waals surface area contributed by atoms with Gasteiger partial charge in [0, 0.05) is 0 Å². The highest BCUT2D eigenvalue weighted by molar-refractivity contribution is 9.11. The highest BCUT2D eigenvalue weighted by atomic mass is 79.9. The lowest BCUT2D eigenvalue weighted by Gasteiger charge is -2.01. The number of nitrogens with zero attached hydrogens (tertiary/aromatic N) is 3. The monoisotopic (exact) mass is 293 g/mol. The van der Waals surface area contributed by atoms with Crippen LogP contribution in [0.25, 0.3) is 0 Å². The van der Waals surface area contributed by atoms with Crippen LogP contribution < -0.4 is 0 Å². The van der Waals surface area contributed by atoms with Crippen molar-refractivity contribution < 1.29 is 0 Å². The van der Waals surface area contributed by atoms with E-state index in [9.17, 15) is 0 Å². The third kappa shape index (κ3) is 2.42. The molecule has 3 nitrogen and oxygen atoms in total. The van der Waals surface area contributed by atoms with E-state index in [2.05, 4.69) is 55.4 Å². The minimum atomic E-state index is 0.596. The molecule has 1 rings (SSSR count). The molecule has 0 spiro atoms. The van der Waals surface area contributed by atoms with Crippen molar-refractivity contribution >= 4 is 31.9 Å². The molecule has 0 aliphatic heterocycles. The van der Waals surface area contributed by atoms with Gasteiger partial charge >= 0.3 is 0 Å². The second kappa shape index (κ2) is 4.18. The number of hydrogen-bond acceptors (Lipinski definition) is 2. The molecule has 0 aromatic carbocycles. The normalized spacial score (nSPS) is 10.2. The topological polar surface area (TPSA) is 30.7 Å². The minimum absolute atomic E-state index is 0.596. The van der Waals surface area contributed by atoms with E-state index in [1.54, 1.807) is 4.68 Å². The van der Waals surface area contributed by atoms with Gasteiger partial charge in [-0.2, -0.15) is 4.98 Å². The largest absolute Gasteiger partial charge is 0.235 e. The first-order chi connectivity index (χ1) is 5.63. The van der Waals surface area contributed by atoms with Crippen LogP contribution in [0, 0.1) is 0 Å². The molecular weight excluding hydrogens is 286 g/mol. The second-order valence-electron chi connectivity index (χ2n) is 2.41. The number of allylic oxidation sites excluding steroid dienone is 1. The van der Waals surface area contributed by atoms with E-state index in [0.717, 1.165) is 23.3 Å². The second-order valence-corrected chi connectivity index (χ2v) is 3.83. The molecule has 0 fully saturated rings. The van der Waals surface area contributed by atoms with Crippen molar-refractivity contribution in [2.75, 3.05) is 0 Å². The molecular formula is C7H9Br2N3. The fourth-order valence-corrected chi connectivity index (χ4v) is 1.69. The van der Waals surface area contributed by atoms with Gasteiger partial charge in [0.15, 0.2) is 4.73 Å². The number of halogens is 2. The van der Waals surface area contributed by atoms with Gasteiger partial charge < -0.3 is 0 Å². The van der Waals surface area contributed by atoms with Gasteiger partial charge in [-0.05, 0) is 38.3 Å². The van der Waals surface area contributed by atoms with Crippen LogP contribution in [0.15, 0.2) is 21.6 Å². The molecule has 0 bridgehead atoms. The van der Waals surface area contributed by atoms with Crippen molar-refractivity contribution in [3.8, 4) is 0 Å². The Balaban J connectivity index is 2.75. The van der Waals surface area contributed by atoms with Crippen LogP contribution in [-0.4, -0.2) is 14.8 Å². The van der Waals surface area contributed by atoms with E-state index in [0.29, 0.717) is 4.73 Å². The molecule has 0 aliphatic carbocycles. The molecule has 0 atom stereocenters. The zero-order valence-corrected chi connectivity index (χ0v) is 9.89. The summed E-state index contributed by atoms with van der Waals surface area (Å²) in [4.78, 5) is 4.04. The van der Waals surface area contributed by atoms with Crippen molar-refractivity contribution in [3.63, 3.8) is 0 Å². The Hall–Kier alpha value is -0.160. The van der Waals surface area contributed by atoms with E-state index < -0.39 is 0 Å². The lowest BCUT2D eigenvalue weighted by Crippen LogP contribution is -2.02. The molecule has 0 aliphatic rings.